The van der Waals surface area contributed by atoms with Crippen LogP contribution in [0.4, 0.5) is 10.1 Å². The lowest BCUT2D eigenvalue weighted by Gasteiger charge is -2.05. The standard InChI is InChI=1S/C13H16FN3O/c1-9-5-11(12(14)6-13(9)15)10-7-16-17(8-10)3-4-18-2/h5-8H,3-4,15H2,1-2H3. The number of hydrogen-bond acceptors (Lipinski definition) is 3. The third-order valence-electron chi connectivity index (χ3n) is 2.82. The summed E-state index contributed by atoms with van der Waals surface area (Å²) in [5.74, 6) is -0.329. The first-order valence-corrected chi connectivity index (χ1v) is 5.69. The van der Waals surface area contributed by atoms with E-state index in [1.54, 1.807) is 30.3 Å². The van der Waals surface area contributed by atoms with Gasteiger partial charge in [0, 0.05) is 30.1 Å². The summed E-state index contributed by atoms with van der Waals surface area (Å²) >= 11 is 0. The summed E-state index contributed by atoms with van der Waals surface area (Å²) in [6, 6.07) is 3.08. The molecule has 0 unspecified atom stereocenters. The van der Waals surface area contributed by atoms with Gasteiger partial charge in [-0.25, -0.2) is 4.39 Å². The number of aryl methyl sites for hydroxylation is 1. The molecule has 4 nitrogen and oxygen atoms in total. The molecule has 2 aromatic rings. The summed E-state index contributed by atoms with van der Waals surface area (Å²) in [5.41, 5.74) is 8.24. The average Bonchev–Trinajstić information content (AvgIpc) is 2.79. The molecule has 1 aromatic carbocycles. The van der Waals surface area contributed by atoms with E-state index in [2.05, 4.69) is 5.10 Å². The molecule has 0 aliphatic heterocycles. The van der Waals surface area contributed by atoms with E-state index >= 15 is 0 Å². The Kier molecular flexibility index (Phi) is 3.62. The molecule has 5 heteroatoms. The Morgan fingerprint density at radius 2 is 2.22 bits per heavy atom. The minimum atomic E-state index is -0.329. The molecule has 0 aliphatic rings. The number of anilines is 1. The van der Waals surface area contributed by atoms with Crippen molar-refractivity contribution in [3.05, 3.63) is 35.9 Å². The lowest BCUT2D eigenvalue weighted by atomic mass is 10.0. The maximum Gasteiger partial charge on any atom is 0.133 e. The molecular formula is C13H16FN3O. The second-order valence-corrected chi connectivity index (χ2v) is 4.17. The predicted molar refractivity (Wildman–Crippen MR) is 68.6 cm³/mol. The second kappa shape index (κ2) is 5.18. The van der Waals surface area contributed by atoms with E-state index in [1.165, 1.54) is 6.07 Å². The number of ether oxygens (including phenoxy) is 1. The zero-order valence-electron chi connectivity index (χ0n) is 10.5. The zero-order chi connectivity index (χ0) is 13.1. The fraction of sp³-hybridized carbons (Fsp3) is 0.308. The fourth-order valence-electron chi connectivity index (χ4n) is 1.73. The summed E-state index contributed by atoms with van der Waals surface area (Å²) in [4.78, 5) is 0. The van der Waals surface area contributed by atoms with Crippen LogP contribution in [0.1, 0.15) is 5.56 Å². The molecule has 0 spiro atoms. The van der Waals surface area contributed by atoms with Crippen LogP contribution in [0.3, 0.4) is 0 Å². The van der Waals surface area contributed by atoms with Gasteiger partial charge in [0.05, 0.1) is 19.3 Å². The number of halogens is 1. The number of hydrogen-bond donors (Lipinski definition) is 1. The number of aromatic nitrogens is 2. The summed E-state index contributed by atoms with van der Waals surface area (Å²) in [7, 11) is 1.63. The summed E-state index contributed by atoms with van der Waals surface area (Å²) < 4.78 is 20.5. The molecule has 0 saturated heterocycles. The number of benzene rings is 1. The maximum absolute atomic E-state index is 13.8. The Balaban J connectivity index is 2.31. The molecule has 0 aliphatic carbocycles. The van der Waals surface area contributed by atoms with Crippen LogP contribution in [0.15, 0.2) is 24.5 Å². The van der Waals surface area contributed by atoms with E-state index in [-0.39, 0.29) is 5.82 Å². The minimum absolute atomic E-state index is 0.329. The molecular weight excluding hydrogens is 233 g/mol. The number of nitrogen functional groups attached to an aromatic ring is 1. The first-order valence-electron chi connectivity index (χ1n) is 5.69. The van der Waals surface area contributed by atoms with Crippen molar-refractivity contribution in [1.82, 2.24) is 9.78 Å². The van der Waals surface area contributed by atoms with Crippen molar-refractivity contribution in [1.29, 1.82) is 0 Å². The fourth-order valence-corrected chi connectivity index (χ4v) is 1.73. The number of nitrogens with two attached hydrogens (primary N) is 1. The molecule has 0 atom stereocenters. The van der Waals surface area contributed by atoms with Gasteiger partial charge in [0.2, 0.25) is 0 Å². The van der Waals surface area contributed by atoms with Crippen molar-refractivity contribution in [2.24, 2.45) is 0 Å². The van der Waals surface area contributed by atoms with Gasteiger partial charge >= 0.3 is 0 Å². The van der Waals surface area contributed by atoms with Crippen molar-refractivity contribution in [2.45, 2.75) is 13.5 Å². The molecule has 0 radical (unpaired) electrons. The van der Waals surface area contributed by atoms with Crippen molar-refractivity contribution < 1.29 is 9.13 Å². The molecule has 2 rings (SSSR count). The van der Waals surface area contributed by atoms with Gasteiger partial charge in [-0.15, -0.1) is 0 Å². The van der Waals surface area contributed by atoms with E-state index in [1.807, 2.05) is 6.92 Å². The van der Waals surface area contributed by atoms with Gasteiger partial charge in [-0.05, 0) is 24.6 Å². The van der Waals surface area contributed by atoms with Gasteiger partial charge in [-0.2, -0.15) is 5.10 Å². The lowest BCUT2D eigenvalue weighted by Crippen LogP contribution is -2.03. The highest BCUT2D eigenvalue weighted by atomic mass is 19.1. The maximum atomic E-state index is 13.8. The summed E-state index contributed by atoms with van der Waals surface area (Å²) in [6.07, 6.45) is 3.44. The van der Waals surface area contributed by atoms with E-state index in [4.69, 9.17) is 10.5 Å². The van der Waals surface area contributed by atoms with E-state index in [0.29, 0.717) is 24.4 Å². The smallest absolute Gasteiger partial charge is 0.133 e. The Morgan fingerprint density at radius 1 is 1.44 bits per heavy atom. The molecule has 0 saturated carbocycles. The molecule has 1 heterocycles. The summed E-state index contributed by atoms with van der Waals surface area (Å²) in [6.45, 7) is 3.07. The number of rotatable bonds is 4. The van der Waals surface area contributed by atoms with Gasteiger partial charge in [0.1, 0.15) is 5.82 Å². The highest BCUT2D eigenvalue weighted by molar-refractivity contribution is 5.67. The quantitative estimate of drug-likeness (QED) is 0.845. The Morgan fingerprint density at radius 3 is 2.94 bits per heavy atom. The SMILES string of the molecule is COCCn1cc(-c2cc(C)c(N)cc2F)cn1. The van der Waals surface area contributed by atoms with E-state index in [9.17, 15) is 4.39 Å². The minimum Gasteiger partial charge on any atom is -0.398 e. The summed E-state index contributed by atoms with van der Waals surface area (Å²) in [5, 5.41) is 4.16. The van der Waals surface area contributed by atoms with Gasteiger partial charge in [0.15, 0.2) is 0 Å². The van der Waals surface area contributed by atoms with Crippen molar-refractivity contribution in [3.63, 3.8) is 0 Å². The molecule has 0 amide bonds. The van der Waals surface area contributed by atoms with Crippen LogP contribution in [0.5, 0.6) is 0 Å². The Hall–Kier alpha value is -1.88. The van der Waals surface area contributed by atoms with Crippen LogP contribution < -0.4 is 5.73 Å². The van der Waals surface area contributed by atoms with E-state index in [0.717, 1.165) is 11.1 Å². The van der Waals surface area contributed by atoms with Crippen molar-refractivity contribution in [2.75, 3.05) is 19.5 Å². The Bertz CT molecular complexity index is 551. The van der Waals surface area contributed by atoms with Gasteiger partial charge < -0.3 is 10.5 Å². The largest absolute Gasteiger partial charge is 0.398 e. The molecule has 2 N–H and O–H groups in total. The molecule has 96 valence electrons. The highest BCUT2D eigenvalue weighted by Gasteiger charge is 2.09. The third-order valence-corrected chi connectivity index (χ3v) is 2.82. The van der Waals surface area contributed by atoms with Crippen LogP contribution in [-0.4, -0.2) is 23.5 Å². The highest BCUT2D eigenvalue weighted by Crippen LogP contribution is 2.26. The van der Waals surface area contributed by atoms with Crippen LogP contribution in [0, 0.1) is 12.7 Å². The number of methoxy groups -OCH3 is 1. The van der Waals surface area contributed by atoms with E-state index < -0.39 is 0 Å². The predicted octanol–water partition coefficient (Wildman–Crippen LogP) is 2.23. The Labute approximate surface area is 105 Å². The first-order chi connectivity index (χ1) is 8.61. The second-order valence-electron chi connectivity index (χ2n) is 4.17. The van der Waals surface area contributed by atoms with Crippen molar-refractivity contribution >= 4 is 5.69 Å². The number of nitrogens with zero attached hydrogens (tertiary/aromatic N) is 2. The zero-order valence-corrected chi connectivity index (χ0v) is 10.5. The van der Waals surface area contributed by atoms with Gasteiger partial charge in [-0.1, -0.05) is 0 Å². The van der Waals surface area contributed by atoms with Crippen LogP contribution in [-0.2, 0) is 11.3 Å². The first kappa shape index (κ1) is 12.6. The lowest BCUT2D eigenvalue weighted by molar-refractivity contribution is 0.183. The third kappa shape index (κ3) is 2.51. The van der Waals surface area contributed by atoms with Crippen LogP contribution >= 0.6 is 0 Å². The van der Waals surface area contributed by atoms with Crippen LogP contribution in [0.2, 0.25) is 0 Å². The normalized spacial score (nSPS) is 10.8. The van der Waals surface area contributed by atoms with Gasteiger partial charge in [-0.3, -0.25) is 4.68 Å². The molecule has 18 heavy (non-hydrogen) atoms. The molecule has 1 aromatic heterocycles. The topological polar surface area (TPSA) is 53.1 Å². The molecule has 0 fully saturated rings. The van der Waals surface area contributed by atoms with Crippen molar-refractivity contribution in [3.8, 4) is 11.1 Å². The average molecular weight is 249 g/mol. The molecule has 0 bridgehead atoms. The van der Waals surface area contributed by atoms with Gasteiger partial charge in [0.25, 0.3) is 0 Å². The monoisotopic (exact) mass is 249 g/mol. The van der Waals surface area contributed by atoms with Crippen LogP contribution in [0.25, 0.3) is 11.1 Å².